The molecule has 94 valence electrons. The molecule has 5 heteroatoms. The van der Waals surface area contributed by atoms with Gasteiger partial charge >= 0.3 is 0 Å². The third-order valence-corrected chi connectivity index (χ3v) is 2.25. The Morgan fingerprint density at radius 1 is 1.24 bits per heavy atom. The van der Waals surface area contributed by atoms with Crippen molar-refractivity contribution in [2.45, 2.75) is 13.3 Å². The molecule has 0 aliphatic carbocycles. The van der Waals surface area contributed by atoms with Gasteiger partial charge in [0.15, 0.2) is 11.6 Å². The van der Waals surface area contributed by atoms with Crippen LogP contribution in [0.4, 0.5) is 8.78 Å². The summed E-state index contributed by atoms with van der Waals surface area (Å²) in [7, 11) is 0. The van der Waals surface area contributed by atoms with Gasteiger partial charge in [-0.05, 0) is 37.7 Å². The number of halogens is 2. The normalized spacial score (nSPS) is 10.3. The number of benzene rings is 1. The molecule has 0 fully saturated rings. The van der Waals surface area contributed by atoms with Gasteiger partial charge in [0.05, 0.1) is 0 Å². The molecule has 3 nitrogen and oxygen atoms in total. The molecule has 0 unspecified atom stereocenters. The predicted octanol–water partition coefficient (Wildman–Crippen LogP) is 1.69. The van der Waals surface area contributed by atoms with E-state index in [1.54, 1.807) is 0 Å². The zero-order chi connectivity index (χ0) is 12.7. The van der Waals surface area contributed by atoms with Crippen LogP contribution in [0.1, 0.15) is 23.7 Å². The lowest BCUT2D eigenvalue weighted by atomic mass is 10.2. The molecule has 0 saturated carbocycles. The minimum absolute atomic E-state index is 0.132. The molecule has 0 heterocycles. The van der Waals surface area contributed by atoms with Gasteiger partial charge in [0.2, 0.25) is 0 Å². The van der Waals surface area contributed by atoms with Crippen LogP contribution in [0.3, 0.4) is 0 Å². The molecule has 0 aromatic heterocycles. The van der Waals surface area contributed by atoms with E-state index in [4.69, 9.17) is 0 Å². The highest BCUT2D eigenvalue weighted by atomic mass is 19.2. The number of nitrogens with one attached hydrogen (secondary N) is 2. The van der Waals surface area contributed by atoms with Gasteiger partial charge in [-0.25, -0.2) is 8.78 Å². The van der Waals surface area contributed by atoms with Crippen molar-refractivity contribution in [3.63, 3.8) is 0 Å². The van der Waals surface area contributed by atoms with Crippen LogP contribution in [0.25, 0.3) is 0 Å². The van der Waals surface area contributed by atoms with Gasteiger partial charge < -0.3 is 10.6 Å². The van der Waals surface area contributed by atoms with Crippen molar-refractivity contribution < 1.29 is 13.6 Å². The Kier molecular flexibility index (Phi) is 5.56. The Bertz CT molecular complexity index is 383. The van der Waals surface area contributed by atoms with Crippen LogP contribution in [0.2, 0.25) is 0 Å². The molecule has 1 aromatic carbocycles. The minimum atomic E-state index is -1.01. The maximum atomic E-state index is 12.9. The molecule has 1 amide bonds. The third kappa shape index (κ3) is 4.48. The van der Waals surface area contributed by atoms with Crippen LogP contribution < -0.4 is 10.6 Å². The molecule has 0 bridgehead atoms. The SMILES string of the molecule is CCNCCCNC(=O)c1ccc(F)c(F)c1. The van der Waals surface area contributed by atoms with E-state index >= 15 is 0 Å². The Labute approximate surface area is 99.2 Å². The van der Waals surface area contributed by atoms with Crippen molar-refractivity contribution in [2.24, 2.45) is 0 Å². The fourth-order valence-corrected chi connectivity index (χ4v) is 1.33. The predicted molar refractivity (Wildman–Crippen MR) is 61.9 cm³/mol. The van der Waals surface area contributed by atoms with Gasteiger partial charge in [0.25, 0.3) is 5.91 Å². The Hall–Kier alpha value is -1.49. The lowest BCUT2D eigenvalue weighted by Gasteiger charge is -2.05. The first-order valence-electron chi connectivity index (χ1n) is 5.59. The van der Waals surface area contributed by atoms with Crippen LogP contribution in [0, 0.1) is 11.6 Å². The molecule has 0 aliphatic rings. The Balaban J connectivity index is 2.39. The fourth-order valence-electron chi connectivity index (χ4n) is 1.33. The number of carbonyl (C=O) groups is 1. The van der Waals surface area contributed by atoms with E-state index in [1.807, 2.05) is 6.92 Å². The standard InChI is InChI=1S/C12H16F2N2O/c1-2-15-6-3-7-16-12(17)9-4-5-10(13)11(14)8-9/h4-5,8,15H,2-3,6-7H2,1H3,(H,16,17). The maximum absolute atomic E-state index is 12.9. The van der Waals surface area contributed by atoms with Gasteiger partial charge in [-0.2, -0.15) is 0 Å². The molecule has 0 atom stereocenters. The largest absolute Gasteiger partial charge is 0.352 e. The summed E-state index contributed by atoms with van der Waals surface area (Å²) in [5.41, 5.74) is 0.132. The molecule has 1 rings (SSSR count). The molecule has 0 aliphatic heterocycles. The van der Waals surface area contributed by atoms with E-state index in [9.17, 15) is 13.6 Å². The van der Waals surface area contributed by atoms with E-state index in [0.717, 1.165) is 31.6 Å². The van der Waals surface area contributed by atoms with Crippen molar-refractivity contribution in [1.29, 1.82) is 0 Å². The summed E-state index contributed by atoms with van der Waals surface area (Å²) in [6, 6.07) is 3.11. The second-order valence-electron chi connectivity index (χ2n) is 3.59. The minimum Gasteiger partial charge on any atom is -0.352 e. The topological polar surface area (TPSA) is 41.1 Å². The first kappa shape index (κ1) is 13.6. The highest BCUT2D eigenvalue weighted by Gasteiger charge is 2.08. The number of amides is 1. The molecule has 2 N–H and O–H groups in total. The summed E-state index contributed by atoms with van der Waals surface area (Å²) in [4.78, 5) is 11.5. The van der Waals surface area contributed by atoms with Crippen LogP contribution in [0.5, 0.6) is 0 Å². The van der Waals surface area contributed by atoms with E-state index in [-0.39, 0.29) is 11.5 Å². The molecule has 0 radical (unpaired) electrons. The highest BCUT2D eigenvalue weighted by molar-refractivity contribution is 5.94. The van der Waals surface area contributed by atoms with Crippen LogP contribution in [0.15, 0.2) is 18.2 Å². The summed E-state index contributed by atoms with van der Waals surface area (Å²) < 4.78 is 25.5. The summed E-state index contributed by atoms with van der Waals surface area (Å²) in [6.07, 6.45) is 0.795. The van der Waals surface area contributed by atoms with Gasteiger partial charge in [0, 0.05) is 12.1 Å². The summed E-state index contributed by atoms with van der Waals surface area (Å²) in [5, 5.41) is 5.75. The number of carbonyl (C=O) groups excluding carboxylic acids is 1. The monoisotopic (exact) mass is 242 g/mol. The smallest absolute Gasteiger partial charge is 0.251 e. The van der Waals surface area contributed by atoms with E-state index in [1.165, 1.54) is 6.07 Å². The highest BCUT2D eigenvalue weighted by Crippen LogP contribution is 2.08. The quantitative estimate of drug-likeness (QED) is 0.745. The van der Waals surface area contributed by atoms with Gasteiger partial charge in [-0.3, -0.25) is 4.79 Å². The zero-order valence-corrected chi connectivity index (χ0v) is 9.72. The van der Waals surface area contributed by atoms with Crippen molar-refractivity contribution in [1.82, 2.24) is 10.6 Å². The first-order chi connectivity index (χ1) is 8.15. The summed E-state index contributed by atoms with van der Waals surface area (Å²) in [6.45, 7) is 4.20. The maximum Gasteiger partial charge on any atom is 0.251 e. The van der Waals surface area contributed by atoms with Crippen molar-refractivity contribution in [3.05, 3.63) is 35.4 Å². The van der Waals surface area contributed by atoms with Crippen molar-refractivity contribution in [3.8, 4) is 0 Å². The molecular weight excluding hydrogens is 226 g/mol. The Morgan fingerprint density at radius 2 is 2.00 bits per heavy atom. The van der Waals surface area contributed by atoms with E-state index in [2.05, 4.69) is 10.6 Å². The van der Waals surface area contributed by atoms with Crippen LogP contribution in [-0.4, -0.2) is 25.5 Å². The van der Waals surface area contributed by atoms with Crippen molar-refractivity contribution >= 4 is 5.91 Å². The zero-order valence-electron chi connectivity index (χ0n) is 9.72. The second kappa shape index (κ2) is 6.96. The fraction of sp³-hybridized carbons (Fsp3) is 0.417. The van der Waals surface area contributed by atoms with Gasteiger partial charge in [0.1, 0.15) is 0 Å². The molecular formula is C12H16F2N2O. The lowest BCUT2D eigenvalue weighted by Crippen LogP contribution is -2.27. The summed E-state index contributed by atoms with van der Waals surface area (Å²) >= 11 is 0. The molecule has 1 aromatic rings. The average molecular weight is 242 g/mol. The number of hydrogen-bond donors (Lipinski definition) is 2. The first-order valence-corrected chi connectivity index (χ1v) is 5.59. The lowest BCUT2D eigenvalue weighted by molar-refractivity contribution is 0.0952. The number of hydrogen-bond acceptors (Lipinski definition) is 2. The van der Waals surface area contributed by atoms with Gasteiger partial charge in [-0.15, -0.1) is 0 Å². The average Bonchev–Trinajstić information content (AvgIpc) is 2.32. The van der Waals surface area contributed by atoms with E-state index in [0.29, 0.717) is 6.54 Å². The molecule has 17 heavy (non-hydrogen) atoms. The number of rotatable bonds is 6. The van der Waals surface area contributed by atoms with E-state index < -0.39 is 11.6 Å². The Morgan fingerprint density at radius 3 is 2.65 bits per heavy atom. The summed E-state index contributed by atoms with van der Waals surface area (Å²) in [5.74, 6) is -2.35. The molecule has 0 spiro atoms. The second-order valence-corrected chi connectivity index (χ2v) is 3.59. The molecule has 0 saturated heterocycles. The van der Waals surface area contributed by atoms with Gasteiger partial charge in [-0.1, -0.05) is 6.92 Å². The van der Waals surface area contributed by atoms with Crippen LogP contribution in [-0.2, 0) is 0 Å². The third-order valence-electron chi connectivity index (χ3n) is 2.25. The van der Waals surface area contributed by atoms with Crippen LogP contribution >= 0.6 is 0 Å². The van der Waals surface area contributed by atoms with Crippen molar-refractivity contribution in [2.75, 3.05) is 19.6 Å².